The van der Waals surface area contributed by atoms with E-state index in [1.165, 1.54) is 18.2 Å². The maximum absolute atomic E-state index is 13.0. The number of benzene rings is 1. The van der Waals surface area contributed by atoms with Crippen LogP contribution in [-0.4, -0.2) is 16.5 Å². The number of rotatable bonds is 5. The topological polar surface area (TPSA) is 57.8 Å². The fraction of sp³-hybridized carbons (Fsp3) is 0.333. The molecule has 2 N–H and O–H groups in total. The maximum Gasteiger partial charge on any atom is 0.252 e. The van der Waals surface area contributed by atoms with Gasteiger partial charge in [0.25, 0.3) is 5.56 Å². The number of hydrogen-bond donors (Lipinski definition) is 2. The van der Waals surface area contributed by atoms with E-state index in [1.807, 2.05) is 6.07 Å². The molecule has 0 amide bonds. The molecule has 0 unspecified atom stereocenters. The van der Waals surface area contributed by atoms with Crippen LogP contribution < -0.4 is 10.9 Å². The maximum atomic E-state index is 13.0. The number of hydrogen-bond acceptors (Lipinski definition) is 3. The second-order valence-corrected chi connectivity index (χ2v) is 5.10. The normalized spacial score (nSPS) is 14.2. The molecular weight excluding hydrogens is 257 g/mol. The van der Waals surface area contributed by atoms with Crippen molar-refractivity contribution in [2.75, 3.05) is 11.9 Å². The van der Waals surface area contributed by atoms with E-state index in [4.69, 9.17) is 0 Å². The molecule has 104 valence electrons. The molecule has 1 aliphatic rings. The summed E-state index contributed by atoms with van der Waals surface area (Å²) < 4.78 is 13.0. The molecule has 1 saturated carbocycles. The zero-order valence-corrected chi connectivity index (χ0v) is 11.0. The smallest absolute Gasteiger partial charge is 0.252 e. The summed E-state index contributed by atoms with van der Waals surface area (Å²) in [7, 11) is 0. The van der Waals surface area contributed by atoms with Gasteiger partial charge in [0, 0.05) is 18.5 Å². The standard InChI is InChI=1S/C15H16FN3O/c16-12-3-1-2-10(8-12)6-7-17-13-9-14(20)19-15(18-13)11-4-5-11/h1-3,8-9,11H,4-7H2,(H2,17,18,19,20). The fourth-order valence-corrected chi connectivity index (χ4v) is 2.14. The molecule has 0 atom stereocenters. The van der Waals surface area contributed by atoms with E-state index in [0.29, 0.717) is 24.7 Å². The average molecular weight is 273 g/mol. The van der Waals surface area contributed by atoms with Crippen molar-refractivity contribution in [2.45, 2.75) is 25.2 Å². The van der Waals surface area contributed by atoms with Gasteiger partial charge in [-0.05, 0) is 37.0 Å². The van der Waals surface area contributed by atoms with Crippen LogP contribution in [0, 0.1) is 5.82 Å². The molecule has 1 aromatic heterocycles. The monoisotopic (exact) mass is 273 g/mol. The lowest BCUT2D eigenvalue weighted by molar-refractivity contribution is 0.625. The average Bonchev–Trinajstić information content (AvgIpc) is 3.22. The van der Waals surface area contributed by atoms with E-state index < -0.39 is 0 Å². The first-order chi connectivity index (χ1) is 9.70. The second kappa shape index (κ2) is 5.45. The van der Waals surface area contributed by atoms with Crippen molar-refractivity contribution in [1.29, 1.82) is 0 Å². The Kier molecular flexibility index (Phi) is 3.50. The van der Waals surface area contributed by atoms with Gasteiger partial charge in [-0.3, -0.25) is 4.79 Å². The van der Waals surface area contributed by atoms with Crippen LogP contribution in [0.3, 0.4) is 0 Å². The molecule has 0 radical (unpaired) electrons. The van der Waals surface area contributed by atoms with E-state index in [0.717, 1.165) is 24.2 Å². The van der Waals surface area contributed by atoms with E-state index in [9.17, 15) is 9.18 Å². The van der Waals surface area contributed by atoms with Crippen LogP contribution in [0.5, 0.6) is 0 Å². The Bertz CT molecular complexity index is 664. The zero-order chi connectivity index (χ0) is 13.9. The lowest BCUT2D eigenvalue weighted by atomic mass is 10.1. The molecule has 0 saturated heterocycles. The van der Waals surface area contributed by atoms with Gasteiger partial charge in [-0.15, -0.1) is 0 Å². The second-order valence-electron chi connectivity index (χ2n) is 5.10. The van der Waals surface area contributed by atoms with Crippen LogP contribution in [-0.2, 0) is 6.42 Å². The van der Waals surface area contributed by atoms with Gasteiger partial charge < -0.3 is 10.3 Å². The highest BCUT2D eigenvalue weighted by Crippen LogP contribution is 2.37. The number of halogens is 1. The van der Waals surface area contributed by atoms with Crippen LogP contribution in [0.4, 0.5) is 10.2 Å². The molecule has 3 rings (SSSR count). The molecule has 20 heavy (non-hydrogen) atoms. The van der Waals surface area contributed by atoms with Crippen molar-refractivity contribution < 1.29 is 4.39 Å². The van der Waals surface area contributed by atoms with Gasteiger partial charge >= 0.3 is 0 Å². The third-order valence-corrected chi connectivity index (χ3v) is 3.33. The van der Waals surface area contributed by atoms with Gasteiger partial charge in [-0.1, -0.05) is 12.1 Å². The number of aromatic amines is 1. The summed E-state index contributed by atoms with van der Waals surface area (Å²) in [5, 5.41) is 3.12. The molecule has 1 heterocycles. The Morgan fingerprint density at radius 3 is 2.95 bits per heavy atom. The number of nitrogens with zero attached hydrogens (tertiary/aromatic N) is 1. The van der Waals surface area contributed by atoms with Crippen LogP contribution >= 0.6 is 0 Å². The lowest BCUT2D eigenvalue weighted by Gasteiger charge is -2.07. The molecule has 0 spiro atoms. The Balaban J connectivity index is 1.62. The summed E-state index contributed by atoms with van der Waals surface area (Å²) in [6.45, 7) is 0.615. The van der Waals surface area contributed by atoms with Crippen molar-refractivity contribution >= 4 is 5.82 Å². The lowest BCUT2D eigenvalue weighted by Crippen LogP contribution is -2.14. The zero-order valence-electron chi connectivity index (χ0n) is 11.0. The number of anilines is 1. The van der Waals surface area contributed by atoms with Crippen LogP contribution in [0.25, 0.3) is 0 Å². The Labute approximate surface area is 116 Å². The van der Waals surface area contributed by atoms with Crippen molar-refractivity contribution in [1.82, 2.24) is 9.97 Å². The van der Waals surface area contributed by atoms with Crippen molar-refractivity contribution in [2.24, 2.45) is 0 Å². The van der Waals surface area contributed by atoms with Gasteiger partial charge in [-0.25, -0.2) is 9.37 Å². The summed E-state index contributed by atoms with van der Waals surface area (Å²) in [6.07, 6.45) is 2.87. The largest absolute Gasteiger partial charge is 0.370 e. The van der Waals surface area contributed by atoms with Crippen molar-refractivity contribution in [3.05, 3.63) is 57.9 Å². The summed E-state index contributed by atoms with van der Waals surface area (Å²) >= 11 is 0. The molecule has 2 aromatic rings. The van der Waals surface area contributed by atoms with Crippen molar-refractivity contribution in [3.63, 3.8) is 0 Å². The summed E-state index contributed by atoms with van der Waals surface area (Å²) in [5.41, 5.74) is 0.792. The van der Waals surface area contributed by atoms with E-state index in [1.54, 1.807) is 6.07 Å². The minimum absolute atomic E-state index is 0.129. The molecule has 1 aliphatic carbocycles. The molecule has 4 nitrogen and oxygen atoms in total. The van der Waals surface area contributed by atoms with Gasteiger partial charge in [-0.2, -0.15) is 0 Å². The minimum Gasteiger partial charge on any atom is -0.370 e. The number of H-pyrrole nitrogens is 1. The summed E-state index contributed by atoms with van der Waals surface area (Å²) in [4.78, 5) is 18.7. The first kappa shape index (κ1) is 12.8. The molecular formula is C15H16FN3O. The summed E-state index contributed by atoms with van der Waals surface area (Å²) in [6, 6.07) is 7.98. The number of aromatic nitrogens is 2. The Morgan fingerprint density at radius 2 is 2.20 bits per heavy atom. The molecule has 1 aromatic carbocycles. The number of nitrogens with one attached hydrogen (secondary N) is 2. The van der Waals surface area contributed by atoms with Crippen molar-refractivity contribution in [3.8, 4) is 0 Å². The SMILES string of the molecule is O=c1cc(NCCc2cccc(F)c2)nc(C2CC2)[nH]1. The quantitative estimate of drug-likeness (QED) is 0.879. The predicted octanol–water partition coefficient (Wildman–Crippen LogP) is 2.44. The predicted molar refractivity (Wildman–Crippen MR) is 75.4 cm³/mol. The van der Waals surface area contributed by atoms with Gasteiger partial charge in [0.1, 0.15) is 17.5 Å². The summed E-state index contributed by atoms with van der Waals surface area (Å²) in [5.74, 6) is 1.54. The minimum atomic E-state index is -0.229. The highest BCUT2D eigenvalue weighted by atomic mass is 19.1. The molecule has 0 bridgehead atoms. The van der Waals surface area contributed by atoms with Crippen LogP contribution in [0.2, 0.25) is 0 Å². The Morgan fingerprint density at radius 1 is 1.35 bits per heavy atom. The van der Waals surface area contributed by atoms with E-state index in [2.05, 4.69) is 15.3 Å². The first-order valence-electron chi connectivity index (χ1n) is 6.80. The van der Waals surface area contributed by atoms with Gasteiger partial charge in [0.05, 0.1) is 0 Å². The van der Waals surface area contributed by atoms with Crippen LogP contribution in [0.1, 0.15) is 30.1 Å². The molecule has 5 heteroatoms. The molecule has 1 fully saturated rings. The van der Waals surface area contributed by atoms with Gasteiger partial charge in [0.15, 0.2) is 0 Å². The van der Waals surface area contributed by atoms with Gasteiger partial charge in [0.2, 0.25) is 0 Å². The Hall–Kier alpha value is -2.17. The first-order valence-corrected chi connectivity index (χ1v) is 6.80. The van der Waals surface area contributed by atoms with E-state index in [-0.39, 0.29) is 11.4 Å². The fourth-order valence-electron chi connectivity index (χ4n) is 2.14. The van der Waals surface area contributed by atoms with Crippen LogP contribution in [0.15, 0.2) is 35.1 Å². The van der Waals surface area contributed by atoms with E-state index >= 15 is 0 Å². The molecule has 0 aliphatic heterocycles. The third-order valence-electron chi connectivity index (χ3n) is 3.33. The highest BCUT2D eigenvalue weighted by Gasteiger charge is 2.26. The third kappa shape index (κ3) is 3.23. The highest BCUT2D eigenvalue weighted by molar-refractivity contribution is 5.34.